The molecule has 0 unspecified atom stereocenters. The molecule has 2 amide bonds. The van der Waals surface area contributed by atoms with E-state index in [1.165, 1.54) is 28.4 Å². The number of halogens is 1. The van der Waals surface area contributed by atoms with Gasteiger partial charge < -0.3 is 4.74 Å². The summed E-state index contributed by atoms with van der Waals surface area (Å²) in [5.74, 6) is -0.277. The Morgan fingerprint density at radius 1 is 1.17 bits per heavy atom. The number of imide groups is 1. The molecule has 1 aromatic rings. The normalized spacial score (nSPS) is 20.0. The summed E-state index contributed by atoms with van der Waals surface area (Å²) in [6.45, 7) is 0.185. The predicted molar refractivity (Wildman–Crippen MR) is 81.6 cm³/mol. The first kappa shape index (κ1) is 16.2. The molecule has 2 heterocycles. The molecule has 0 radical (unpaired) electrons. The first-order valence-electron chi connectivity index (χ1n) is 7.03. The Bertz CT molecular complexity index is 757. The van der Waals surface area contributed by atoms with Crippen LogP contribution in [0, 0.1) is 0 Å². The van der Waals surface area contributed by atoms with Crippen LogP contribution in [-0.4, -0.2) is 55.7 Å². The predicted octanol–water partition coefficient (Wildman–Crippen LogP) is 0.871. The zero-order valence-electron chi connectivity index (χ0n) is 12.4. The van der Waals surface area contributed by atoms with Crippen molar-refractivity contribution in [1.29, 1.82) is 0 Å². The minimum Gasteiger partial charge on any atom is -0.495 e. The van der Waals surface area contributed by atoms with Gasteiger partial charge in [-0.1, -0.05) is 11.6 Å². The maximum absolute atomic E-state index is 12.7. The van der Waals surface area contributed by atoms with Gasteiger partial charge in [0.2, 0.25) is 21.8 Å². The Balaban J connectivity index is 1.80. The minimum absolute atomic E-state index is 0.0231. The summed E-state index contributed by atoms with van der Waals surface area (Å²) in [4.78, 5) is 24.5. The molecule has 0 aliphatic carbocycles. The number of hydrogen-bond donors (Lipinski definition) is 0. The zero-order chi connectivity index (χ0) is 16.8. The summed E-state index contributed by atoms with van der Waals surface area (Å²) >= 11 is 5.88. The highest BCUT2D eigenvalue weighted by molar-refractivity contribution is 7.89. The van der Waals surface area contributed by atoms with Crippen LogP contribution in [0.2, 0.25) is 5.02 Å². The SMILES string of the molecule is COc1ccc(Cl)cc1S(=O)(=O)N1CC(N2C(=O)CCC2=O)C1. The van der Waals surface area contributed by atoms with Gasteiger partial charge in [-0.25, -0.2) is 8.42 Å². The largest absolute Gasteiger partial charge is 0.495 e. The van der Waals surface area contributed by atoms with Gasteiger partial charge in [0.05, 0.1) is 13.2 Å². The molecule has 0 aromatic heterocycles. The number of rotatable bonds is 4. The second kappa shape index (κ2) is 5.77. The zero-order valence-corrected chi connectivity index (χ0v) is 13.9. The molecule has 1 aromatic carbocycles. The lowest BCUT2D eigenvalue weighted by molar-refractivity contribution is -0.143. The smallest absolute Gasteiger partial charge is 0.246 e. The van der Waals surface area contributed by atoms with E-state index in [2.05, 4.69) is 0 Å². The van der Waals surface area contributed by atoms with E-state index in [1.807, 2.05) is 0 Å². The molecular formula is C14H15ClN2O5S. The van der Waals surface area contributed by atoms with Crippen LogP contribution >= 0.6 is 11.6 Å². The Kier molecular flexibility index (Phi) is 4.07. The molecule has 124 valence electrons. The van der Waals surface area contributed by atoms with E-state index < -0.39 is 16.1 Å². The molecule has 0 atom stereocenters. The van der Waals surface area contributed by atoms with Gasteiger partial charge in [0, 0.05) is 31.0 Å². The Hall–Kier alpha value is -1.64. The highest BCUT2D eigenvalue weighted by Gasteiger charge is 2.46. The monoisotopic (exact) mass is 358 g/mol. The van der Waals surface area contributed by atoms with Crippen molar-refractivity contribution in [2.45, 2.75) is 23.8 Å². The Morgan fingerprint density at radius 3 is 2.35 bits per heavy atom. The Morgan fingerprint density at radius 2 is 1.78 bits per heavy atom. The van der Waals surface area contributed by atoms with E-state index >= 15 is 0 Å². The molecule has 0 N–H and O–H groups in total. The lowest BCUT2D eigenvalue weighted by Crippen LogP contribution is -2.62. The van der Waals surface area contributed by atoms with Crippen molar-refractivity contribution in [2.24, 2.45) is 0 Å². The average Bonchev–Trinajstić information content (AvgIpc) is 2.78. The van der Waals surface area contributed by atoms with Crippen molar-refractivity contribution in [3.8, 4) is 5.75 Å². The fourth-order valence-electron chi connectivity index (χ4n) is 2.77. The number of carbonyl (C=O) groups is 2. The third-order valence-corrected chi connectivity index (χ3v) is 6.12. The van der Waals surface area contributed by atoms with Crippen LogP contribution < -0.4 is 4.74 Å². The number of sulfonamides is 1. The standard InChI is InChI=1S/C14H15ClN2O5S/c1-22-11-3-2-9(15)6-12(11)23(20,21)16-7-10(8-16)17-13(18)4-5-14(17)19/h2-3,6,10H,4-5,7-8H2,1H3. The highest BCUT2D eigenvalue weighted by atomic mass is 35.5. The average molecular weight is 359 g/mol. The highest BCUT2D eigenvalue weighted by Crippen LogP contribution is 2.33. The number of likely N-dealkylation sites (tertiary alicyclic amines) is 1. The first-order chi connectivity index (χ1) is 10.8. The van der Waals surface area contributed by atoms with Crippen LogP contribution in [0.25, 0.3) is 0 Å². The van der Waals surface area contributed by atoms with Gasteiger partial charge in [-0.3, -0.25) is 14.5 Å². The third-order valence-electron chi connectivity index (χ3n) is 4.03. The maximum Gasteiger partial charge on any atom is 0.246 e. The van der Waals surface area contributed by atoms with Crippen LogP contribution in [0.15, 0.2) is 23.1 Å². The molecular weight excluding hydrogens is 344 g/mol. The lowest BCUT2D eigenvalue weighted by atomic mass is 10.1. The Labute approximate surface area is 138 Å². The summed E-state index contributed by atoms with van der Waals surface area (Å²) in [6, 6.07) is 3.97. The van der Waals surface area contributed by atoms with Gasteiger partial charge in [0.25, 0.3) is 0 Å². The molecule has 0 saturated carbocycles. The number of methoxy groups -OCH3 is 1. The van der Waals surface area contributed by atoms with Crippen LogP contribution in [0.5, 0.6) is 5.75 Å². The fraction of sp³-hybridized carbons (Fsp3) is 0.429. The second-order valence-corrected chi connectivity index (χ2v) is 7.77. The van der Waals surface area contributed by atoms with Crippen molar-refractivity contribution < 1.29 is 22.7 Å². The minimum atomic E-state index is -3.79. The van der Waals surface area contributed by atoms with Crippen LogP contribution in [0.4, 0.5) is 0 Å². The van der Waals surface area contributed by atoms with Crippen molar-refractivity contribution in [3.63, 3.8) is 0 Å². The van der Waals surface area contributed by atoms with Crippen molar-refractivity contribution in [3.05, 3.63) is 23.2 Å². The van der Waals surface area contributed by atoms with E-state index in [-0.39, 0.29) is 53.4 Å². The molecule has 2 aliphatic heterocycles. The van der Waals surface area contributed by atoms with Gasteiger partial charge in [0.15, 0.2) is 0 Å². The molecule has 23 heavy (non-hydrogen) atoms. The van der Waals surface area contributed by atoms with Crippen molar-refractivity contribution >= 4 is 33.4 Å². The molecule has 9 heteroatoms. The summed E-state index contributed by atoms with van der Waals surface area (Å²) < 4.78 is 31.6. The van der Waals surface area contributed by atoms with Crippen LogP contribution in [0.1, 0.15) is 12.8 Å². The maximum atomic E-state index is 12.7. The number of hydrogen-bond acceptors (Lipinski definition) is 5. The van der Waals surface area contributed by atoms with E-state index in [4.69, 9.17) is 16.3 Å². The topological polar surface area (TPSA) is 84.0 Å². The number of benzene rings is 1. The lowest BCUT2D eigenvalue weighted by Gasteiger charge is -2.41. The van der Waals surface area contributed by atoms with E-state index in [9.17, 15) is 18.0 Å². The molecule has 2 saturated heterocycles. The third kappa shape index (κ3) is 2.71. The van der Waals surface area contributed by atoms with Crippen molar-refractivity contribution in [1.82, 2.24) is 9.21 Å². The molecule has 2 aliphatic rings. The number of amides is 2. The van der Waals surface area contributed by atoms with Gasteiger partial charge in [-0.15, -0.1) is 0 Å². The summed E-state index contributed by atoms with van der Waals surface area (Å²) in [6.07, 6.45) is 0.397. The van der Waals surface area contributed by atoms with Gasteiger partial charge in [-0.2, -0.15) is 4.31 Å². The van der Waals surface area contributed by atoms with E-state index in [1.54, 1.807) is 6.07 Å². The molecule has 7 nitrogen and oxygen atoms in total. The molecule has 0 spiro atoms. The molecule has 2 fully saturated rings. The molecule has 0 bridgehead atoms. The first-order valence-corrected chi connectivity index (χ1v) is 8.85. The van der Waals surface area contributed by atoms with Crippen LogP contribution in [-0.2, 0) is 19.6 Å². The van der Waals surface area contributed by atoms with E-state index in [0.29, 0.717) is 0 Å². The van der Waals surface area contributed by atoms with Gasteiger partial charge in [-0.05, 0) is 18.2 Å². The van der Waals surface area contributed by atoms with Gasteiger partial charge >= 0.3 is 0 Å². The number of ether oxygens (including phenoxy) is 1. The van der Waals surface area contributed by atoms with E-state index in [0.717, 1.165) is 0 Å². The number of nitrogens with zero attached hydrogens (tertiary/aromatic N) is 2. The molecule has 3 rings (SSSR count). The number of carbonyl (C=O) groups excluding carboxylic acids is 2. The van der Waals surface area contributed by atoms with Gasteiger partial charge in [0.1, 0.15) is 10.6 Å². The quantitative estimate of drug-likeness (QED) is 0.746. The second-order valence-electron chi connectivity index (χ2n) is 5.43. The van der Waals surface area contributed by atoms with Crippen LogP contribution in [0.3, 0.4) is 0 Å². The van der Waals surface area contributed by atoms with Crippen molar-refractivity contribution in [2.75, 3.05) is 20.2 Å². The fourth-order valence-corrected chi connectivity index (χ4v) is 4.70. The summed E-state index contributed by atoms with van der Waals surface area (Å²) in [5.41, 5.74) is 0. The summed E-state index contributed by atoms with van der Waals surface area (Å²) in [5, 5.41) is 0.284. The summed E-state index contributed by atoms with van der Waals surface area (Å²) in [7, 11) is -2.41.